The van der Waals surface area contributed by atoms with E-state index in [9.17, 15) is 19.2 Å². The number of rotatable bonds is 19. The van der Waals surface area contributed by atoms with Gasteiger partial charge in [-0.3, -0.25) is 14.4 Å². The van der Waals surface area contributed by atoms with Gasteiger partial charge in [-0.25, -0.2) is 4.79 Å². The molecular formula is C38H63N5O7S. The predicted octanol–water partition coefficient (Wildman–Crippen LogP) is 3.49. The molecule has 1 aliphatic rings. The minimum atomic E-state index is -1.15. The third-order valence-electron chi connectivity index (χ3n) is 10.1. The normalized spacial score (nSPS) is 18.9. The minimum Gasteiger partial charge on any atom is -0.467 e. The van der Waals surface area contributed by atoms with E-state index in [-0.39, 0.29) is 42.0 Å². The van der Waals surface area contributed by atoms with Crippen molar-refractivity contribution in [2.75, 3.05) is 34.9 Å². The number of carbonyl (C=O) groups is 4. The first-order chi connectivity index (χ1) is 23.9. The summed E-state index contributed by atoms with van der Waals surface area (Å²) in [6, 6.07) is 7.44. The Bertz CT molecular complexity index is 1310. The zero-order valence-electron chi connectivity index (χ0n) is 32.6. The summed E-state index contributed by atoms with van der Waals surface area (Å²) in [5.41, 5.74) is 5.84. The van der Waals surface area contributed by atoms with E-state index in [1.807, 2.05) is 69.9 Å². The van der Waals surface area contributed by atoms with Crippen molar-refractivity contribution in [1.82, 2.24) is 20.4 Å². The number of methoxy groups -OCH3 is 3. The van der Waals surface area contributed by atoms with Crippen LogP contribution in [-0.4, -0.2) is 115 Å². The molecule has 2 rings (SSSR count). The lowest BCUT2D eigenvalue weighted by atomic mass is 9.89. The zero-order chi connectivity index (χ0) is 38.6. The number of nitrogens with one attached hydrogen (secondary N) is 2. The summed E-state index contributed by atoms with van der Waals surface area (Å²) in [7, 11) is 6.23. The number of ether oxygens (including phenoxy) is 3. The Labute approximate surface area is 310 Å². The highest BCUT2D eigenvalue weighted by Gasteiger charge is 2.43. The highest BCUT2D eigenvalue weighted by Crippen LogP contribution is 2.30. The average molecular weight is 734 g/mol. The first kappa shape index (κ1) is 44.0. The zero-order valence-corrected chi connectivity index (χ0v) is 33.4. The Morgan fingerprint density at radius 1 is 1.04 bits per heavy atom. The third kappa shape index (κ3) is 11.9. The number of amides is 3. The molecule has 1 aliphatic heterocycles. The molecular weight excluding hydrogens is 671 g/mol. The number of hydrogen-bond acceptors (Lipinski definition) is 9. The molecule has 1 saturated heterocycles. The van der Waals surface area contributed by atoms with Gasteiger partial charge < -0.3 is 40.4 Å². The molecule has 13 heteroatoms. The van der Waals surface area contributed by atoms with Crippen molar-refractivity contribution in [2.45, 2.75) is 122 Å². The molecule has 1 fully saturated rings. The van der Waals surface area contributed by atoms with E-state index in [1.54, 1.807) is 40.0 Å². The second kappa shape index (κ2) is 20.2. The number of nitrogens with zero attached hydrogens (tertiary/aromatic N) is 2. The van der Waals surface area contributed by atoms with Crippen LogP contribution >= 0.6 is 12.2 Å². The van der Waals surface area contributed by atoms with E-state index >= 15 is 0 Å². The van der Waals surface area contributed by atoms with Crippen LogP contribution in [0.25, 0.3) is 0 Å². The van der Waals surface area contributed by atoms with Gasteiger partial charge in [0.1, 0.15) is 12.1 Å². The Balaban J connectivity index is 2.27. The van der Waals surface area contributed by atoms with Crippen molar-refractivity contribution >= 4 is 40.9 Å². The van der Waals surface area contributed by atoms with Gasteiger partial charge in [0.2, 0.25) is 17.7 Å². The summed E-state index contributed by atoms with van der Waals surface area (Å²) >= 11 is 5.83. The first-order valence-corrected chi connectivity index (χ1v) is 18.5. The fraction of sp³-hybridized carbons (Fsp3) is 0.711. The van der Waals surface area contributed by atoms with Crippen LogP contribution in [0.4, 0.5) is 0 Å². The van der Waals surface area contributed by atoms with Crippen LogP contribution in [0.15, 0.2) is 30.3 Å². The fourth-order valence-corrected chi connectivity index (χ4v) is 7.13. The van der Waals surface area contributed by atoms with Crippen molar-refractivity contribution in [3.05, 3.63) is 35.9 Å². The second-order valence-electron chi connectivity index (χ2n) is 14.8. The van der Waals surface area contributed by atoms with Crippen molar-refractivity contribution in [3.8, 4) is 0 Å². The molecule has 1 aromatic rings. The van der Waals surface area contributed by atoms with E-state index in [0.29, 0.717) is 18.0 Å². The standard InChI is InChI=1S/C38H63N5O7S/c1-12-24(4)32(42(8)35(45)31(23(2)3)41-37(47)38(6,7)39)29(48-9)22-30(44)43-20-16-19-28(43)33(49-10)25(5)34(51)40-27(36(46)50-11)21-26-17-14-13-15-18-26/h13-15,17-18,23-25,27-29,31-33H,12,16,19-22,39H2,1-11H3,(H,40,51)(H,41,47). The predicted molar refractivity (Wildman–Crippen MR) is 203 cm³/mol. The maximum Gasteiger partial charge on any atom is 0.328 e. The van der Waals surface area contributed by atoms with Gasteiger partial charge in [0.05, 0.1) is 48.3 Å². The Morgan fingerprint density at radius 3 is 2.18 bits per heavy atom. The van der Waals surface area contributed by atoms with Crippen LogP contribution in [0.1, 0.15) is 79.7 Å². The van der Waals surface area contributed by atoms with Gasteiger partial charge in [0, 0.05) is 40.2 Å². The lowest BCUT2D eigenvalue weighted by Crippen LogP contribution is -2.60. The highest BCUT2D eigenvalue weighted by atomic mass is 32.1. The Kier molecular flexibility index (Phi) is 17.4. The fourth-order valence-electron chi connectivity index (χ4n) is 6.85. The minimum absolute atomic E-state index is 0.0191. The molecule has 4 N–H and O–H groups in total. The van der Waals surface area contributed by atoms with Crippen LogP contribution in [0.2, 0.25) is 0 Å². The molecule has 0 aliphatic carbocycles. The Morgan fingerprint density at radius 2 is 1.67 bits per heavy atom. The van der Waals surface area contributed by atoms with Crippen LogP contribution in [0, 0.1) is 17.8 Å². The van der Waals surface area contributed by atoms with Crippen LogP contribution in [0.3, 0.4) is 0 Å². The maximum absolute atomic E-state index is 14.2. The van der Waals surface area contributed by atoms with Crippen molar-refractivity contribution < 1.29 is 33.4 Å². The number of likely N-dealkylation sites (N-methyl/N-ethyl adjacent to an activating group) is 1. The summed E-state index contributed by atoms with van der Waals surface area (Å²) in [6.07, 6.45) is 1.64. The smallest absolute Gasteiger partial charge is 0.328 e. The van der Waals surface area contributed by atoms with E-state index in [4.69, 9.17) is 32.2 Å². The van der Waals surface area contributed by atoms with Crippen LogP contribution in [0.5, 0.6) is 0 Å². The van der Waals surface area contributed by atoms with Gasteiger partial charge in [-0.15, -0.1) is 0 Å². The van der Waals surface area contributed by atoms with Crippen LogP contribution < -0.4 is 16.4 Å². The molecule has 1 aromatic carbocycles. The molecule has 51 heavy (non-hydrogen) atoms. The third-order valence-corrected chi connectivity index (χ3v) is 10.6. The number of likely N-dealkylation sites (tertiary alicyclic amines) is 1. The number of thiocarbonyl (C=S) groups is 1. The van der Waals surface area contributed by atoms with Crippen molar-refractivity contribution in [1.29, 1.82) is 0 Å². The summed E-state index contributed by atoms with van der Waals surface area (Å²) in [6.45, 7) is 13.5. The van der Waals surface area contributed by atoms with Crippen LogP contribution in [-0.2, 0) is 39.8 Å². The summed E-state index contributed by atoms with van der Waals surface area (Å²) in [5.74, 6) is -1.77. The van der Waals surface area contributed by atoms with Gasteiger partial charge in [-0.05, 0) is 44.1 Å². The molecule has 1 heterocycles. The van der Waals surface area contributed by atoms with E-state index in [2.05, 4.69) is 10.6 Å². The van der Waals surface area contributed by atoms with Gasteiger partial charge >= 0.3 is 5.97 Å². The molecule has 288 valence electrons. The van der Waals surface area contributed by atoms with Gasteiger partial charge in [0.25, 0.3) is 0 Å². The molecule has 0 radical (unpaired) electrons. The maximum atomic E-state index is 14.2. The second-order valence-corrected chi connectivity index (χ2v) is 15.2. The summed E-state index contributed by atoms with van der Waals surface area (Å²) < 4.78 is 17.1. The van der Waals surface area contributed by atoms with Crippen molar-refractivity contribution in [3.63, 3.8) is 0 Å². The molecule has 8 unspecified atom stereocenters. The number of hydrogen-bond donors (Lipinski definition) is 3. The lowest BCUT2D eigenvalue weighted by Gasteiger charge is -2.41. The number of benzene rings is 1. The SMILES string of the molecule is CCC(C)C(C(CC(=O)N1CCCC1C(OC)C(C)C(=S)NC(Cc1ccccc1)C(=O)OC)OC)N(C)C(=O)C(NC(=O)C(C)(C)N)C(C)C. The summed E-state index contributed by atoms with van der Waals surface area (Å²) in [4.78, 5) is 57.6. The largest absolute Gasteiger partial charge is 0.467 e. The molecule has 12 nitrogen and oxygen atoms in total. The molecule has 0 aromatic heterocycles. The molecule has 3 amide bonds. The van der Waals surface area contributed by atoms with Gasteiger partial charge in [-0.1, -0.05) is 83.6 Å². The summed E-state index contributed by atoms with van der Waals surface area (Å²) in [5, 5.41) is 6.06. The highest BCUT2D eigenvalue weighted by molar-refractivity contribution is 7.80. The number of esters is 1. The first-order valence-electron chi connectivity index (χ1n) is 18.1. The van der Waals surface area contributed by atoms with Crippen molar-refractivity contribution in [2.24, 2.45) is 23.5 Å². The van der Waals surface area contributed by atoms with E-state index < -0.39 is 47.7 Å². The van der Waals surface area contributed by atoms with Gasteiger partial charge in [0.15, 0.2) is 0 Å². The molecule has 0 saturated carbocycles. The quantitative estimate of drug-likeness (QED) is 0.142. The Hall–Kier alpha value is -3.13. The van der Waals surface area contributed by atoms with E-state index in [0.717, 1.165) is 24.8 Å². The molecule has 0 bridgehead atoms. The average Bonchev–Trinajstić information content (AvgIpc) is 3.58. The van der Waals surface area contributed by atoms with Gasteiger partial charge in [-0.2, -0.15) is 0 Å². The number of carbonyl (C=O) groups excluding carboxylic acids is 4. The molecule has 8 atom stereocenters. The lowest BCUT2D eigenvalue weighted by molar-refractivity contribution is -0.147. The number of nitrogens with two attached hydrogens (primary N) is 1. The molecule has 0 spiro atoms. The topological polar surface area (TPSA) is 153 Å². The van der Waals surface area contributed by atoms with E-state index in [1.165, 1.54) is 7.11 Å². The monoisotopic (exact) mass is 733 g/mol.